The molecule has 0 amide bonds. The van der Waals surface area contributed by atoms with Gasteiger partial charge in [-0.2, -0.15) is 0 Å². The van der Waals surface area contributed by atoms with E-state index in [1.807, 2.05) is 27.2 Å². The van der Waals surface area contributed by atoms with Crippen molar-refractivity contribution in [1.82, 2.24) is 0 Å². The number of rotatable bonds is 4. The summed E-state index contributed by atoms with van der Waals surface area (Å²) >= 11 is 0. The molecule has 0 spiro atoms. The average Bonchev–Trinajstić information content (AvgIpc) is 1.85. The van der Waals surface area contributed by atoms with Crippen molar-refractivity contribution < 1.29 is 18.7 Å². The van der Waals surface area contributed by atoms with Crippen LogP contribution in [0.15, 0.2) is 0 Å². The maximum atomic E-state index is 10.7. The molecule has 0 aliphatic rings. The number of phosphoric acid groups is 1. The van der Waals surface area contributed by atoms with Gasteiger partial charge in [0.05, 0.1) is 0 Å². The van der Waals surface area contributed by atoms with E-state index in [1.165, 1.54) is 0 Å². The maximum absolute atomic E-state index is 10.7. The zero-order valence-corrected chi connectivity index (χ0v) is 9.81. The van der Waals surface area contributed by atoms with Gasteiger partial charge in [-0.1, -0.05) is 0 Å². The summed E-state index contributed by atoms with van der Waals surface area (Å²) in [7, 11) is -4.33. The van der Waals surface area contributed by atoms with Gasteiger partial charge in [0.1, 0.15) is 0 Å². The third kappa shape index (κ3) is 3.97. The molecule has 0 radical (unpaired) electrons. The molecule has 0 aromatic rings. The van der Waals surface area contributed by atoms with Crippen LogP contribution in [-0.4, -0.2) is 35.4 Å². The van der Waals surface area contributed by atoms with Gasteiger partial charge in [-0.05, 0) is 0 Å². The second-order valence-corrected chi connectivity index (χ2v) is 11.8. The van der Waals surface area contributed by atoms with Crippen molar-refractivity contribution >= 4 is 14.7 Å². The summed E-state index contributed by atoms with van der Waals surface area (Å²) in [5, 5.41) is 0. The van der Waals surface area contributed by atoms with Crippen molar-refractivity contribution in [2.45, 2.75) is 13.8 Å². The molecule has 6 heteroatoms. The first-order chi connectivity index (χ1) is 5.11. The Bertz CT molecular complexity index is 200. The summed E-state index contributed by atoms with van der Waals surface area (Å²) in [6, 6.07) is 0. The Hall–Kier alpha value is 0.540. The molecule has 0 aromatic heterocycles. The van der Waals surface area contributed by atoms with Crippen LogP contribution in [-0.2, 0) is 8.88 Å². The van der Waals surface area contributed by atoms with E-state index in [1.54, 1.807) is 0 Å². The predicted molar refractivity (Wildman–Crippen MR) is 53.0 cm³/mol. The van der Waals surface area contributed by atoms with Crippen LogP contribution >= 0.6 is 14.7 Å². The zero-order valence-electron chi connectivity index (χ0n) is 8.02. The Morgan fingerprint density at radius 1 is 1.25 bits per heavy atom. The minimum absolute atomic E-state index is 0.688. The molecule has 76 valence electrons. The Balaban J connectivity index is 4.69. The van der Waals surface area contributed by atoms with Crippen molar-refractivity contribution in [3.63, 3.8) is 0 Å². The van der Waals surface area contributed by atoms with Gasteiger partial charge in [-0.25, -0.2) is 0 Å². The SMILES string of the molecule is CCP(C)(C)(CC)OP(=O)(O)O. The molecular formula is C6H18O4P2. The van der Waals surface area contributed by atoms with Crippen molar-refractivity contribution in [2.75, 3.05) is 25.7 Å². The molecule has 0 bridgehead atoms. The number of hydrogen-bond acceptors (Lipinski definition) is 2. The fourth-order valence-corrected chi connectivity index (χ4v) is 4.98. The molecule has 2 N–H and O–H groups in total. The van der Waals surface area contributed by atoms with Crippen LogP contribution in [0.25, 0.3) is 0 Å². The fraction of sp³-hybridized carbons (Fsp3) is 1.00. The second kappa shape index (κ2) is 3.36. The molecular weight excluding hydrogens is 198 g/mol. The van der Waals surface area contributed by atoms with Crippen LogP contribution in [0, 0.1) is 0 Å². The average molecular weight is 216 g/mol. The first-order valence-electron chi connectivity index (χ1n) is 3.89. The van der Waals surface area contributed by atoms with Crippen molar-refractivity contribution in [1.29, 1.82) is 0 Å². The summed E-state index contributed by atoms with van der Waals surface area (Å²) in [5.74, 6) is 0. The van der Waals surface area contributed by atoms with Crippen molar-refractivity contribution in [2.24, 2.45) is 0 Å². The Morgan fingerprint density at radius 3 is 1.67 bits per heavy atom. The third-order valence-electron chi connectivity index (χ3n) is 2.36. The second-order valence-electron chi connectivity index (χ2n) is 3.76. The third-order valence-corrected chi connectivity index (χ3v) is 9.38. The van der Waals surface area contributed by atoms with Gasteiger partial charge in [0.2, 0.25) is 0 Å². The van der Waals surface area contributed by atoms with E-state index in [4.69, 9.17) is 14.1 Å². The van der Waals surface area contributed by atoms with E-state index in [2.05, 4.69) is 0 Å². The summed E-state index contributed by atoms with van der Waals surface area (Å²) in [6.07, 6.45) is 1.38. The molecule has 0 aliphatic heterocycles. The van der Waals surface area contributed by atoms with Crippen LogP contribution in [0.5, 0.6) is 0 Å². The Labute approximate surface area is 73.6 Å². The molecule has 0 saturated heterocycles. The van der Waals surface area contributed by atoms with E-state index in [0.717, 1.165) is 0 Å². The van der Waals surface area contributed by atoms with Crippen LogP contribution in [0.3, 0.4) is 0 Å². The molecule has 4 nitrogen and oxygen atoms in total. The van der Waals surface area contributed by atoms with Crippen molar-refractivity contribution in [3.8, 4) is 0 Å². The zero-order chi connectivity index (χ0) is 10.1. The summed E-state index contributed by atoms with van der Waals surface area (Å²) < 4.78 is 15.6. The van der Waals surface area contributed by atoms with E-state index >= 15 is 0 Å². The monoisotopic (exact) mass is 216 g/mol. The van der Waals surface area contributed by atoms with Gasteiger partial charge >= 0.3 is 72.8 Å². The van der Waals surface area contributed by atoms with Crippen LogP contribution in [0.4, 0.5) is 0 Å². The molecule has 0 atom stereocenters. The normalized spacial score (nSPS) is 17.0. The van der Waals surface area contributed by atoms with Crippen LogP contribution in [0.2, 0.25) is 0 Å². The van der Waals surface area contributed by atoms with Gasteiger partial charge in [-0.3, -0.25) is 0 Å². The molecule has 0 unspecified atom stereocenters. The van der Waals surface area contributed by atoms with Gasteiger partial charge in [0.15, 0.2) is 0 Å². The summed E-state index contributed by atoms with van der Waals surface area (Å²) in [4.78, 5) is 17.4. The van der Waals surface area contributed by atoms with E-state index < -0.39 is 14.7 Å². The number of hydrogen-bond donors (Lipinski definition) is 2. The van der Waals surface area contributed by atoms with Crippen molar-refractivity contribution in [3.05, 3.63) is 0 Å². The molecule has 0 fully saturated rings. The fourth-order valence-electron chi connectivity index (χ4n) is 0.702. The summed E-state index contributed by atoms with van der Waals surface area (Å²) in [6.45, 7) is 4.91. The molecule has 0 aliphatic carbocycles. The standard InChI is InChI=1S/C6H18O4P2/c1-5-12(3,4,6-2)10-11(7,8)9/h5-6H2,1-4H3,(H2,7,8,9). The molecule has 0 rings (SSSR count). The van der Waals surface area contributed by atoms with Gasteiger partial charge in [-0.15, -0.1) is 0 Å². The predicted octanol–water partition coefficient (Wildman–Crippen LogP) is 1.86. The Kier molecular flexibility index (Phi) is 3.51. The first kappa shape index (κ1) is 12.5. The molecule has 0 aromatic carbocycles. The van der Waals surface area contributed by atoms with Crippen LogP contribution in [0.1, 0.15) is 13.8 Å². The quantitative estimate of drug-likeness (QED) is 0.704. The molecule has 12 heavy (non-hydrogen) atoms. The van der Waals surface area contributed by atoms with Gasteiger partial charge in [0, 0.05) is 0 Å². The van der Waals surface area contributed by atoms with Gasteiger partial charge in [0.25, 0.3) is 0 Å². The van der Waals surface area contributed by atoms with E-state index in [0.29, 0.717) is 12.3 Å². The first-order valence-corrected chi connectivity index (χ1v) is 8.84. The topological polar surface area (TPSA) is 66.8 Å². The Morgan fingerprint density at radius 2 is 1.58 bits per heavy atom. The minimum atomic E-state index is -4.33. The molecule has 0 saturated carbocycles. The van der Waals surface area contributed by atoms with Gasteiger partial charge < -0.3 is 0 Å². The van der Waals surface area contributed by atoms with Crippen LogP contribution < -0.4 is 0 Å². The molecule has 0 heterocycles. The van der Waals surface area contributed by atoms with E-state index in [9.17, 15) is 4.57 Å². The van der Waals surface area contributed by atoms with E-state index in [-0.39, 0.29) is 0 Å². The summed E-state index contributed by atoms with van der Waals surface area (Å²) in [5.41, 5.74) is 0.